The van der Waals surface area contributed by atoms with Gasteiger partial charge in [0.25, 0.3) is 0 Å². The predicted molar refractivity (Wildman–Crippen MR) is 87.9 cm³/mol. The van der Waals surface area contributed by atoms with Gasteiger partial charge in [0, 0.05) is 16.9 Å². The van der Waals surface area contributed by atoms with Gasteiger partial charge in [-0.15, -0.1) is 10.2 Å². The highest BCUT2D eigenvalue weighted by molar-refractivity contribution is 7.99. The van der Waals surface area contributed by atoms with Gasteiger partial charge in [-0.25, -0.2) is 4.98 Å². The molecule has 0 aliphatic carbocycles. The molecule has 0 spiro atoms. The lowest BCUT2D eigenvalue weighted by Gasteiger charge is -2.06. The van der Waals surface area contributed by atoms with Gasteiger partial charge in [-0.3, -0.25) is 4.79 Å². The van der Waals surface area contributed by atoms with Crippen LogP contribution in [0.25, 0.3) is 22.1 Å². The maximum absolute atomic E-state index is 11.7. The van der Waals surface area contributed by atoms with Crippen LogP contribution in [0.4, 0.5) is 0 Å². The third kappa shape index (κ3) is 3.04. The van der Waals surface area contributed by atoms with Gasteiger partial charge >= 0.3 is 0 Å². The second kappa shape index (κ2) is 5.92. The van der Waals surface area contributed by atoms with Gasteiger partial charge in [0.05, 0.1) is 5.75 Å². The molecule has 22 heavy (non-hydrogen) atoms. The summed E-state index contributed by atoms with van der Waals surface area (Å²) in [6.45, 7) is 5.90. The number of fused-ring (bicyclic) bond motifs is 3. The Morgan fingerprint density at radius 1 is 1.36 bits per heavy atom. The molecule has 114 valence electrons. The van der Waals surface area contributed by atoms with E-state index in [1.165, 1.54) is 17.3 Å². The minimum absolute atomic E-state index is 0.0315. The van der Waals surface area contributed by atoms with Gasteiger partial charge in [0.15, 0.2) is 5.65 Å². The molecule has 2 aromatic heterocycles. The summed E-state index contributed by atoms with van der Waals surface area (Å²) >= 11 is 1.28. The van der Waals surface area contributed by atoms with E-state index < -0.39 is 0 Å². The summed E-state index contributed by atoms with van der Waals surface area (Å²) in [5.41, 5.74) is 3.61. The minimum Gasteiger partial charge on any atom is -0.353 e. The number of nitrogens with one attached hydrogen (secondary N) is 2. The van der Waals surface area contributed by atoms with Crippen molar-refractivity contribution in [1.29, 1.82) is 0 Å². The molecule has 0 radical (unpaired) electrons. The third-order valence-corrected chi connectivity index (χ3v) is 3.97. The summed E-state index contributed by atoms with van der Waals surface area (Å²) in [7, 11) is 0. The standard InChI is InChI=1S/C15H17N5OS/c1-8(2)16-12(21)7-22-15-18-14-13(19-20-15)10-6-9(3)4-5-11(10)17-14/h4-6,8H,7H2,1-3H3,(H,16,21)(H,17,18,20). The van der Waals surface area contributed by atoms with Crippen LogP contribution >= 0.6 is 11.8 Å². The molecule has 0 aliphatic heterocycles. The van der Waals surface area contributed by atoms with E-state index in [-0.39, 0.29) is 17.7 Å². The normalized spacial score (nSPS) is 11.5. The number of amides is 1. The number of rotatable bonds is 4. The van der Waals surface area contributed by atoms with Crippen LogP contribution in [0.3, 0.4) is 0 Å². The molecule has 1 aromatic carbocycles. The van der Waals surface area contributed by atoms with Gasteiger partial charge in [-0.2, -0.15) is 0 Å². The van der Waals surface area contributed by atoms with E-state index in [4.69, 9.17) is 0 Å². The van der Waals surface area contributed by atoms with E-state index in [0.29, 0.717) is 10.8 Å². The van der Waals surface area contributed by atoms with Crippen LogP contribution in [0.1, 0.15) is 19.4 Å². The number of hydrogen-bond donors (Lipinski definition) is 2. The number of H-pyrrole nitrogens is 1. The summed E-state index contributed by atoms with van der Waals surface area (Å²) in [4.78, 5) is 19.3. The van der Waals surface area contributed by atoms with Crippen molar-refractivity contribution < 1.29 is 4.79 Å². The number of aryl methyl sites for hydroxylation is 1. The lowest BCUT2D eigenvalue weighted by atomic mass is 10.2. The monoisotopic (exact) mass is 315 g/mol. The van der Waals surface area contributed by atoms with Gasteiger partial charge in [0.1, 0.15) is 5.52 Å². The molecule has 6 nitrogen and oxygen atoms in total. The maximum Gasteiger partial charge on any atom is 0.230 e. The van der Waals surface area contributed by atoms with Crippen LogP contribution in [0.15, 0.2) is 23.4 Å². The van der Waals surface area contributed by atoms with Crippen molar-refractivity contribution in [2.24, 2.45) is 0 Å². The largest absolute Gasteiger partial charge is 0.353 e. The quantitative estimate of drug-likeness (QED) is 0.722. The number of aromatic amines is 1. The van der Waals surface area contributed by atoms with Crippen LogP contribution in [-0.4, -0.2) is 37.9 Å². The molecule has 0 unspecified atom stereocenters. The van der Waals surface area contributed by atoms with E-state index >= 15 is 0 Å². The summed E-state index contributed by atoms with van der Waals surface area (Å²) < 4.78 is 0. The Labute approximate surface area is 132 Å². The summed E-state index contributed by atoms with van der Waals surface area (Å²) in [6.07, 6.45) is 0. The van der Waals surface area contributed by atoms with E-state index in [1.807, 2.05) is 32.9 Å². The highest BCUT2D eigenvalue weighted by atomic mass is 32.2. The minimum atomic E-state index is -0.0315. The van der Waals surface area contributed by atoms with Crippen LogP contribution in [0.5, 0.6) is 0 Å². The highest BCUT2D eigenvalue weighted by Crippen LogP contribution is 2.24. The van der Waals surface area contributed by atoms with Crippen molar-refractivity contribution in [2.45, 2.75) is 32.0 Å². The zero-order valence-electron chi connectivity index (χ0n) is 12.7. The number of thioether (sulfide) groups is 1. The lowest BCUT2D eigenvalue weighted by molar-refractivity contribution is -0.119. The van der Waals surface area contributed by atoms with Crippen molar-refractivity contribution in [3.63, 3.8) is 0 Å². The molecule has 3 aromatic rings. The molecule has 0 atom stereocenters. The van der Waals surface area contributed by atoms with Crippen LogP contribution in [-0.2, 0) is 4.79 Å². The number of benzene rings is 1. The van der Waals surface area contributed by atoms with E-state index in [2.05, 4.69) is 31.5 Å². The first-order valence-corrected chi connectivity index (χ1v) is 8.06. The summed E-state index contributed by atoms with van der Waals surface area (Å²) in [5.74, 6) is 0.251. The lowest BCUT2D eigenvalue weighted by Crippen LogP contribution is -2.31. The van der Waals surface area contributed by atoms with Crippen LogP contribution in [0.2, 0.25) is 0 Å². The number of hydrogen-bond acceptors (Lipinski definition) is 5. The number of carbonyl (C=O) groups is 1. The molecule has 7 heteroatoms. The first kappa shape index (κ1) is 14.8. The molecular weight excluding hydrogens is 298 g/mol. The average molecular weight is 315 g/mol. The second-order valence-corrected chi connectivity index (χ2v) is 6.42. The van der Waals surface area contributed by atoms with Gasteiger partial charge in [0.2, 0.25) is 11.1 Å². The van der Waals surface area contributed by atoms with Gasteiger partial charge < -0.3 is 10.3 Å². The molecule has 0 fully saturated rings. The van der Waals surface area contributed by atoms with E-state index in [1.54, 1.807) is 0 Å². The van der Waals surface area contributed by atoms with Crippen molar-refractivity contribution >= 4 is 39.7 Å². The number of nitrogens with zero attached hydrogens (tertiary/aromatic N) is 3. The van der Waals surface area contributed by atoms with Crippen LogP contribution < -0.4 is 5.32 Å². The first-order chi connectivity index (χ1) is 10.5. The molecular formula is C15H17N5OS. The molecule has 0 saturated heterocycles. The highest BCUT2D eigenvalue weighted by Gasteiger charge is 2.11. The Balaban J connectivity index is 1.84. The topological polar surface area (TPSA) is 83.6 Å². The first-order valence-electron chi connectivity index (χ1n) is 7.08. The summed E-state index contributed by atoms with van der Waals surface area (Å²) in [5, 5.41) is 12.7. The van der Waals surface area contributed by atoms with Crippen molar-refractivity contribution in [1.82, 2.24) is 25.5 Å². The van der Waals surface area contributed by atoms with Gasteiger partial charge in [-0.05, 0) is 32.9 Å². The SMILES string of the molecule is Cc1ccc2[nH]c3nc(SCC(=O)NC(C)C)nnc3c2c1. The average Bonchev–Trinajstić information content (AvgIpc) is 2.81. The third-order valence-electron chi connectivity index (χ3n) is 3.13. The van der Waals surface area contributed by atoms with E-state index in [9.17, 15) is 4.79 Å². The zero-order chi connectivity index (χ0) is 15.7. The maximum atomic E-state index is 11.7. The molecule has 0 saturated carbocycles. The molecule has 2 N–H and O–H groups in total. The molecule has 2 heterocycles. The van der Waals surface area contributed by atoms with Crippen molar-refractivity contribution in [3.05, 3.63) is 23.8 Å². The van der Waals surface area contributed by atoms with E-state index in [0.717, 1.165) is 16.4 Å². The zero-order valence-corrected chi connectivity index (χ0v) is 13.5. The smallest absolute Gasteiger partial charge is 0.230 e. The Hall–Kier alpha value is -2.15. The molecule has 3 rings (SSSR count). The Kier molecular flexibility index (Phi) is 3.98. The van der Waals surface area contributed by atoms with Crippen molar-refractivity contribution in [2.75, 3.05) is 5.75 Å². The fourth-order valence-corrected chi connectivity index (χ4v) is 2.82. The van der Waals surface area contributed by atoms with Gasteiger partial charge in [-0.1, -0.05) is 23.4 Å². The molecule has 0 bridgehead atoms. The van der Waals surface area contributed by atoms with Crippen LogP contribution in [0, 0.1) is 6.92 Å². The molecule has 0 aliphatic rings. The Bertz CT molecular complexity index is 842. The Morgan fingerprint density at radius 3 is 2.95 bits per heavy atom. The summed E-state index contributed by atoms with van der Waals surface area (Å²) in [6, 6.07) is 6.24. The van der Waals surface area contributed by atoms with Crippen molar-refractivity contribution in [3.8, 4) is 0 Å². The Morgan fingerprint density at radius 2 is 2.18 bits per heavy atom. The number of aromatic nitrogens is 4. The fourth-order valence-electron chi connectivity index (χ4n) is 2.23. The second-order valence-electron chi connectivity index (χ2n) is 5.48. The molecule has 1 amide bonds. The predicted octanol–water partition coefficient (Wildman–Crippen LogP) is 2.43. The number of carbonyl (C=O) groups excluding carboxylic acids is 1. The fraction of sp³-hybridized carbons (Fsp3) is 0.333.